The Morgan fingerprint density at radius 2 is 1.69 bits per heavy atom. The van der Waals surface area contributed by atoms with Gasteiger partial charge in [-0.1, -0.05) is 71.7 Å². The summed E-state index contributed by atoms with van der Waals surface area (Å²) < 4.78 is 1.57. The fourth-order valence-corrected chi connectivity index (χ4v) is 4.60. The van der Waals surface area contributed by atoms with Crippen molar-refractivity contribution in [2.45, 2.75) is 19.5 Å². The van der Waals surface area contributed by atoms with E-state index in [0.29, 0.717) is 58.1 Å². The number of fused-ring (bicyclic) bond motifs is 1. The van der Waals surface area contributed by atoms with Crippen molar-refractivity contribution in [3.63, 3.8) is 0 Å². The van der Waals surface area contributed by atoms with Gasteiger partial charge in [-0.3, -0.25) is 4.79 Å². The van der Waals surface area contributed by atoms with Gasteiger partial charge < -0.3 is 15.5 Å². The van der Waals surface area contributed by atoms with Crippen LogP contribution in [0.15, 0.2) is 83.7 Å². The first-order valence-corrected chi connectivity index (χ1v) is 12.2. The molecule has 0 saturated heterocycles. The molecular weight excluding hydrogens is 497 g/mol. The topological polar surface area (TPSA) is 79.3 Å². The maximum Gasteiger partial charge on any atom is 0.322 e. The van der Waals surface area contributed by atoms with E-state index in [2.05, 4.69) is 10.6 Å². The third-order valence-corrected chi connectivity index (χ3v) is 6.55. The number of benzene rings is 3. The van der Waals surface area contributed by atoms with Gasteiger partial charge in [-0.15, -0.1) is 0 Å². The number of rotatable bonds is 5. The summed E-state index contributed by atoms with van der Waals surface area (Å²) in [5.74, 6) is 0.472. The molecule has 0 saturated carbocycles. The van der Waals surface area contributed by atoms with Gasteiger partial charge in [-0.2, -0.15) is 0 Å². The largest absolute Gasteiger partial charge is 0.351 e. The number of halogens is 2. The van der Waals surface area contributed by atoms with E-state index in [1.807, 2.05) is 60.7 Å². The predicted molar refractivity (Wildman–Crippen MR) is 143 cm³/mol. The molecule has 2 amide bonds. The van der Waals surface area contributed by atoms with Gasteiger partial charge in [0, 0.05) is 24.5 Å². The molecule has 0 spiro atoms. The first-order valence-electron chi connectivity index (χ1n) is 11.5. The highest BCUT2D eigenvalue weighted by Crippen LogP contribution is 2.26. The molecule has 0 atom stereocenters. The smallest absolute Gasteiger partial charge is 0.322 e. The molecule has 0 radical (unpaired) electrons. The number of anilines is 2. The van der Waals surface area contributed by atoms with Crippen LogP contribution in [0, 0.1) is 0 Å². The molecular formula is C27H23Cl2N5O2. The van der Waals surface area contributed by atoms with E-state index in [1.165, 1.54) is 0 Å². The monoisotopic (exact) mass is 519 g/mol. The van der Waals surface area contributed by atoms with Gasteiger partial charge in [0.2, 0.25) is 5.95 Å². The highest BCUT2D eigenvalue weighted by atomic mass is 35.5. The number of nitrogens with one attached hydrogen (secondary N) is 2. The number of nitrogens with zero attached hydrogens (tertiary/aromatic N) is 3. The first-order chi connectivity index (χ1) is 17.5. The number of hydrogen-bond acceptors (Lipinski definition) is 4. The van der Waals surface area contributed by atoms with Gasteiger partial charge in [0.15, 0.2) is 0 Å². The van der Waals surface area contributed by atoms with Crippen LogP contribution >= 0.6 is 23.2 Å². The fraction of sp³-hybridized carbons (Fsp3) is 0.148. The lowest BCUT2D eigenvalue weighted by Crippen LogP contribution is -2.43. The van der Waals surface area contributed by atoms with Crippen LogP contribution in [-0.4, -0.2) is 27.0 Å². The molecule has 0 aliphatic carbocycles. The van der Waals surface area contributed by atoms with Crippen molar-refractivity contribution in [2.75, 3.05) is 17.2 Å². The summed E-state index contributed by atoms with van der Waals surface area (Å²) in [5.41, 5.74) is 3.21. The second kappa shape index (κ2) is 10.4. The fourth-order valence-electron chi connectivity index (χ4n) is 4.15. The van der Waals surface area contributed by atoms with Gasteiger partial charge in [0.05, 0.1) is 34.2 Å². The summed E-state index contributed by atoms with van der Waals surface area (Å²) >= 11 is 12.2. The molecule has 2 heterocycles. The molecule has 1 aromatic heterocycles. The van der Waals surface area contributed by atoms with E-state index in [-0.39, 0.29) is 18.1 Å². The molecule has 5 rings (SSSR count). The Morgan fingerprint density at radius 1 is 0.972 bits per heavy atom. The summed E-state index contributed by atoms with van der Waals surface area (Å²) in [6, 6.07) is 23.8. The van der Waals surface area contributed by atoms with Crippen molar-refractivity contribution in [2.24, 2.45) is 0 Å². The standard InChI is InChI=1S/C27H23Cl2N5O2/c28-19-11-12-24(22(29)15-19)32-27(36)33-14-13-23-21(17-33)25(35)34(20-9-5-2-6-10-20)26(31-23)30-16-18-7-3-1-4-8-18/h1-12,15H,13-14,16-17H2,(H,30,31)(H,32,36). The molecule has 9 heteroatoms. The van der Waals surface area contributed by atoms with Gasteiger partial charge >= 0.3 is 6.03 Å². The number of carbonyl (C=O) groups excluding carboxylic acids is 1. The van der Waals surface area contributed by atoms with E-state index in [9.17, 15) is 9.59 Å². The first kappa shape index (κ1) is 23.9. The van der Waals surface area contributed by atoms with Gasteiger partial charge in [-0.25, -0.2) is 14.3 Å². The van der Waals surface area contributed by atoms with Crippen molar-refractivity contribution in [1.29, 1.82) is 0 Å². The lowest BCUT2D eigenvalue weighted by atomic mass is 10.1. The molecule has 1 aliphatic heterocycles. The summed E-state index contributed by atoms with van der Waals surface area (Å²) in [6.45, 7) is 1.09. The molecule has 36 heavy (non-hydrogen) atoms. The second-order valence-corrected chi connectivity index (χ2v) is 9.25. The maximum absolute atomic E-state index is 13.8. The zero-order valence-electron chi connectivity index (χ0n) is 19.2. The van der Waals surface area contributed by atoms with Gasteiger partial charge in [0.1, 0.15) is 0 Å². The molecule has 3 aromatic carbocycles. The quantitative estimate of drug-likeness (QED) is 0.352. The van der Waals surface area contributed by atoms with Crippen molar-refractivity contribution < 1.29 is 4.79 Å². The third-order valence-electron chi connectivity index (χ3n) is 6.00. The second-order valence-electron chi connectivity index (χ2n) is 8.40. The average Bonchev–Trinajstić information content (AvgIpc) is 2.90. The number of hydrogen-bond donors (Lipinski definition) is 2. The molecule has 7 nitrogen and oxygen atoms in total. The lowest BCUT2D eigenvalue weighted by molar-refractivity contribution is 0.205. The minimum absolute atomic E-state index is 0.143. The van der Waals surface area contributed by atoms with E-state index < -0.39 is 0 Å². The molecule has 1 aliphatic rings. The lowest BCUT2D eigenvalue weighted by Gasteiger charge is -2.29. The minimum atomic E-state index is -0.346. The van der Waals surface area contributed by atoms with Gasteiger partial charge in [0.25, 0.3) is 5.56 Å². The minimum Gasteiger partial charge on any atom is -0.351 e. The number of urea groups is 1. The van der Waals surface area contributed by atoms with Crippen LogP contribution in [-0.2, 0) is 19.5 Å². The normalized spacial score (nSPS) is 12.7. The zero-order chi connectivity index (χ0) is 25.1. The average molecular weight is 520 g/mol. The molecule has 0 bridgehead atoms. The molecule has 0 fully saturated rings. The van der Waals surface area contributed by atoms with Crippen LogP contribution in [0.1, 0.15) is 16.8 Å². The summed E-state index contributed by atoms with van der Waals surface area (Å²) in [5, 5.41) is 6.96. The highest BCUT2D eigenvalue weighted by Gasteiger charge is 2.27. The Morgan fingerprint density at radius 3 is 2.42 bits per heavy atom. The Labute approximate surface area is 218 Å². The molecule has 0 unspecified atom stereocenters. The number of aromatic nitrogens is 2. The number of para-hydroxylation sites is 1. The SMILES string of the molecule is O=C(Nc1ccc(Cl)cc1Cl)N1CCc2nc(NCc3ccccc3)n(-c3ccccc3)c(=O)c2C1. The van der Waals surface area contributed by atoms with Crippen LogP contribution in [0.3, 0.4) is 0 Å². The molecule has 4 aromatic rings. The number of amides is 2. The Balaban J connectivity index is 1.45. The van der Waals surface area contributed by atoms with Crippen molar-refractivity contribution >= 4 is 40.9 Å². The van der Waals surface area contributed by atoms with E-state index >= 15 is 0 Å². The van der Waals surface area contributed by atoms with E-state index in [0.717, 1.165) is 5.56 Å². The maximum atomic E-state index is 13.8. The highest BCUT2D eigenvalue weighted by molar-refractivity contribution is 6.36. The molecule has 182 valence electrons. The summed E-state index contributed by atoms with van der Waals surface area (Å²) in [6.07, 6.45) is 0.460. The third kappa shape index (κ3) is 5.08. The van der Waals surface area contributed by atoms with E-state index in [4.69, 9.17) is 28.2 Å². The van der Waals surface area contributed by atoms with Crippen LogP contribution in [0.2, 0.25) is 10.0 Å². The zero-order valence-corrected chi connectivity index (χ0v) is 20.8. The molecule has 2 N–H and O–H groups in total. The Bertz CT molecular complexity index is 1460. The van der Waals surface area contributed by atoms with Gasteiger partial charge in [-0.05, 0) is 35.9 Å². The summed E-state index contributed by atoms with van der Waals surface area (Å²) in [4.78, 5) is 33.2. The van der Waals surface area contributed by atoms with Crippen molar-refractivity contribution in [1.82, 2.24) is 14.5 Å². The van der Waals surface area contributed by atoms with Crippen molar-refractivity contribution in [3.05, 3.63) is 116 Å². The Kier molecular flexibility index (Phi) is 6.93. The van der Waals surface area contributed by atoms with Crippen LogP contribution in [0.5, 0.6) is 0 Å². The predicted octanol–water partition coefficient (Wildman–Crippen LogP) is 5.74. The van der Waals surface area contributed by atoms with E-state index in [1.54, 1.807) is 27.7 Å². The summed E-state index contributed by atoms with van der Waals surface area (Å²) in [7, 11) is 0. The number of carbonyl (C=O) groups is 1. The Hall–Kier alpha value is -3.81. The van der Waals surface area contributed by atoms with Crippen LogP contribution < -0.4 is 16.2 Å². The van der Waals surface area contributed by atoms with Crippen LogP contribution in [0.25, 0.3) is 5.69 Å². The van der Waals surface area contributed by atoms with Crippen LogP contribution in [0.4, 0.5) is 16.4 Å². The van der Waals surface area contributed by atoms with Crippen molar-refractivity contribution in [3.8, 4) is 5.69 Å².